The largest absolute Gasteiger partial charge is 0.350 e. The second kappa shape index (κ2) is 4.13. The highest BCUT2D eigenvalue weighted by Gasteiger charge is 1.98. The molecule has 0 radical (unpaired) electrons. The second-order valence-electron chi connectivity index (χ2n) is 1.73. The number of nitrogens with zero attached hydrogens (tertiary/aromatic N) is 1. The molecule has 0 amide bonds. The van der Waals surface area contributed by atoms with Crippen molar-refractivity contribution < 1.29 is 0 Å². The van der Waals surface area contributed by atoms with Crippen LogP contribution in [0, 0.1) is 0 Å². The Morgan fingerprint density at radius 3 is 2.73 bits per heavy atom. The van der Waals surface area contributed by atoms with E-state index in [4.69, 9.17) is 0 Å². The lowest BCUT2D eigenvalue weighted by molar-refractivity contribution is 1.23. The van der Waals surface area contributed by atoms with E-state index in [2.05, 4.69) is 54.4 Å². The van der Waals surface area contributed by atoms with Crippen LogP contribution in [0.2, 0.25) is 0 Å². The van der Waals surface area contributed by atoms with Crippen molar-refractivity contribution in [2.75, 3.05) is 5.32 Å². The molecule has 0 bridgehead atoms. The molecule has 0 aliphatic rings. The Morgan fingerprint density at radius 2 is 2.18 bits per heavy atom. The molecule has 0 atom stereocenters. The maximum absolute atomic E-state index is 4.63. The van der Waals surface area contributed by atoms with Gasteiger partial charge < -0.3 is 5.32 Å². The van der Waals surface area contributed by atoms with E-state index in [-0.39, 0.29) is 0 Å². The number of rotatable bonds is 2. The lowest BCUT2D eigenvalue weighted by atomic mass is 10.4. The van der Waals surface area contributed by atoms with Gasteiger partial charge in [-0.3, -0.25) is 0 Å². The molecule has 0 fully saturated rings. The monoisotopic (exact) mass is 294 g/mol. The van der Waals surface area contributed by atoms with Crippen LogP contribution in [0.5, 0.6) is 0 Å². The van der Waals surface area contributed by atoms with Crippen LogP contribution in [0.25, 0.3) is 0 Å². The molecule has 0 saturated carbocycles. The molecular weight excluding hydrogens is 292 g/mol. The topological polar surface area (TPSA) is 24.9 Å². The van der Waals surface area contributed by atoms with Gasteiger partial charge in [0.05, 0.1) is 11.2 Å². The van der Waals surface area contributed by atoms with E-state index < -0.39 is 0 Å². The van der Waals surface area contributed by atoms with Crippen molar-refractivity contribution in [3.63, 3.8) is 0 Å². The van der Waals surface area contributed by atoms with Gasteiger partial charge >= 0.3 is 0 Å². The SMILES string of the molecule is S=CNc1ccc(Br)nc1Br. The van der Waals surface area contributed by atoms with Crippen molar-refractivity contribution in [2.24, 2.45) is 0 Å². The van der Waals surface area contributed by atoms with Gasteiger partial charge in [-0.25, -0.2) is 4.98 Å². The van der Waals surface area contributed by atoms with Crippen molar-refractivity contribution in [1.29, 1.82) is 0 Å². The highest BCUT2D eigenvalue weighted by Crippen LogP contribution is 2.21. The van der Waals surface area contributed by atoms with Crippen LogP contribution in [0.4, 0.5) is 5.69 Å². The molecule has 1 rings (SSSR count). The van der Waals surface area contributed by atoms with Crippen LogP contribution in [-0.2, 0) is 0 Å². The smallest absolute Gasteiger partial charge is 0.130 e. The van der Waals surface area contributed by atoms with Crippen molar-refractivity contribution in [3.8, 4) is 0 Å². The molecule has 1 N–H and O–H groups in total. The van der Waals surface area contributed by atoms with Crippen molar-refractivity contribution in [3.05, 3.63) is 21.3 Å². The number of hydrogen-bond acceptors (Lipinski definition) is 2. The van der Waals surface area contributed by atoms with Crippen LogP contribution >= 0.6 is 44.1 Å². The quantitative estimate of drug-likeness (QED) is 0.671. The minimum Gasteiger partial charge on any atom is -0.350 e. The summed E-state index contributed by atoms with van der Waals surface area (Å²) in [5.74, 6) is 0. The van der Waals surface area contributed by atoms with E-state index in [0.29, 0.717) is 0 Å². The van der Waals surface area contributed by atoms with Crippen LogP contribution in [-0.4, -0.2) is 10.5 Å². The van der Waals surface area contributed by atoms with Crippen LogP contribution in [0.3, 0.4) is 0 Å². The number of hydrogen-bond donors (Lipinski definition) is 1. The van der Waals surface area contributed by atoms with Gasteiger partial charge in [0.25, 0.3) is 0 Å². The fourth-order valence-corrected chi connectivity index (χ4v) is 1.70. The van der Waals surface area contributed by atoms with Gasteiger partial charge in [-0.1, -0.05) is 12.2 Å². The molecule has 1 aromatic heterocycles. The molecule has 0 aliphatic heterocycles. The molecule has 0 spiro atoms. The summed E-state index contributed by atoms with van der Waals surface area (Å²) in [5, 5.41) is 2.86. The van der Waals surface area contributed by atoms with E-state index in [9.17, 15) is 0 Å². The summed E-state index contributed by atoms with van der Waals surface area (Å²) in [6, 6.07) is 3.72. The van der Waals surface area contributed by atoms with E-state index >= 15 is 0 Å². The number of nitrogens with one attached hydrogen (secondary N) is 1. The fraction of sp³-hybridized carbons (Fsp3) is 0. The predicted molar refractivity (Wildman–Crippen MR) is 56.9 cm³/mol. The molecule has 2 nitrogen and oxygen atoms in total. The van der Waals surface area contributed by atoms with Gasteiger partial charge in [0, 0.05) is 0 Å². The standard InChI is InChI=1S/C6H4Br2N2S/c7-5-2-1-4(9-3-11)6(8)10-5/h1-3H,(H,9,11). The second-order valence-corrected chi connectivity index (χ2v) is 3.53. The van der Waals surface area contributed by atoms with Gasteiger partial charge in [0.15, 0.2) is 0 Å². The van der Waals surface area contributed by atoms with Gasteiger partial charge in [-0.15, -0.1) is 0 Å². The third kappa shape index (κ3) is 2.50. The first-order valence-electron chi connectivity index (χ1n) is 2.76. The third-order valence-corrected chi connectivity index (χ3v) is 2.19. The zero-order valence-electron chi connectivity index (χ0n) is 5.34. The minimum atomic E-state index is 0.743. The van der Waals surface area contributed by atoms with Gasteiger partial charge in [0.2, 0.25) is 0 Å². The maximum atomic E-state index is 4.63. The van der Waals surface area contributed by atoms with E-state index in [1.165, 1.54) is 5.49 Å². The first-order chi connectivity index (χ1) is 5.24. The Hall–Kier alpha value is -0.0000000000000000555. The highest BCUT2D eigenvalue weighted by atomic mass is 79.9. The van der Waals surface area contributed by atoms with Gasteiger partial charge in [-0.2, -0.15) is 0 Å². The van der Waals surface area contributed by atoms with E-state index in [0.717, 1.165) is 14.9 Å². The zero-order valence-corrected chi connectivity index (χ0v) is 9.33. The third-order valence-electron chi connectivity index (χ3n) is 1.03. The average molecular weight is 296 g/mol. The van der Waals surface area contributed by atoms with Crippen molar-refractivity contribution >= 4 is 55.3 Å². The number of thiocarbonyl (C=S) groups is 1. The van der Waals surface area contributed by atoms with Crippen LogP contribution in [0.15, 0.2) is 21.3 Å². The summed E-state index contributed by atoms with van der Waals surface area (Å²) >= 11 is 11.2. The van der Waals surface area contributed by atoms with Crippen molar-refractivity contribution in [1.82, 2.24) is 4.98 Å². The molecule has 1 heterocycles. The van der Waals surface area contributed by atoms with Crippen molar-refractivity contribution in [2.45, 2.75) is 0 Å². The fourth-order valence-electron chi connectivity index (χ4n) is 0.583. The molecular formula is C6H4Br2N2S. The molecule has 58 valence electrons. The Balaban J connectivity index is 2.98. The van der Waals surface area contributed by atoms with Crippen LogP contribution < -0.4 is 5.32 Å². The van der Waals surface area contributed by atoms with Gasteiger partial charge in [-0.05, 0) is 44.0 Å². The lowest BCUT2D eigenvalue weighted by Crippen LogP contribution is -1.94. The molecule has 5 heteroatoms. The number of halogens is 2. The van der Waals surface area contributed by atoms with E-state index in [1.807, 2.05) is 12.1 Å². The highest BCUT2D eigenvalue weighted by molar-refractivity contribution is 9.11. The molecule has 0 unspecified atom stereocenters. The number of aromatic nitrogens is 1. The Labute approximate surface area is 86.7 Å². The average Bonchev–Trinajstić information content (AvgIpc) is 1.95. The summed E-state index contributed by atoms with van der Waals surface area (Å²) in [6.07, 6.45) is 0. The first-order valence-corrected chi connectivity index (χ1v) is 4.82. The first kappa shape index (κ1) is 9.09. The van der Waals surface area contributed by atoms with Crippen LogP contribution in [0.1, 0.15) is 0 Å². The Bertz CT molecular complexity index is 277. The summed E-state index contributed by atoms with van der Waals surface area (Å²) in [5.41, 5.74) is 2.30. The minimum absolute atomic E-state index is 0.743. The molecule has 1 aromatic rings. The Kier molecular flexibility index (Phi) is 3.42. The molecule has 11 heavy (non-hydrogen) atoms. The molecule has 0 aromatic carbocycles. The zero-order chi connectivity index (χ0) is 8.27. The summed E-state index contributed by atoms with van der Waals surface area (Å²) in [4.78, 5) is 4.10. The summed E-state index contributed by atoms with van der Waals surface area (Å²) < 4.78 is 1.53. The summed E-state index contributed by atoms with van der Waals surface area (Å²) in [6.45, 7) is 0. The molecule has 0 saturated heterocycles. The normalized spacial score (nSPS) is 9.27. The molecule has 0 aliphatic carbocycles. The maximum Gasteiger partial charge on any atom is 0.130 e. The number of anilines is 1. The Morgan fingerprint density at radius 1 is 1.45 bits per heavy atom. The predicted octanol–water partition coefficient (Wildman–Crippen LogP) is 2.98. The summed E-state index contributed by atoms with van der Waals surface area (Å²) in [7, 11) is 0. The van der Waals surface area contributed by atoms with E-state index in [1.54, 1.807) is 0 Å². The van der Waals surface area contributed by atoms with Gasteiger partial charge in [0.1, 0.15) is 9.21 Å². The lowest BCUT2D eigenvalue weighted by Gasteiger charge is -2.01. The number of pyridine rings is 1.